The molecule has 0 aliphatic heterocycles. The molecule has 0 saturated carbocycles. The third-order valence-electron chi connectivity index (χ3n) is 5.14. The lowest BCUT2D eigenvalue weighted by Crippen LogP contribution is -2.09. The van der Waals surface area contributed by atoms with Crippen molar-refractivity contribution >= 4 is 5.97 Å². The fourth-order valence-electron chi connectivity index (χ4n) is 3.35. The van der Waals surface area contributed by atoms with Crippen molar-refractivity contribution in [2.45, 2.75) is 45.4 Å². The minimum absolute atomic E-state index is 0.220. The molecule has 0 unspecified atom stereocenters. The highest BCUT2D eigenvalue weighted by molar-refractivity contribution is 5.91. The number of carbonyl (C=O) groups excluding carboxylic acids is 1. The molecule has 0 amide bonds. The van der Waals surface area contributed by atoms with Gasteiger partial charge in [0, 0.05) is 12.1 Å². The van der Waals surface area contributed by atoms with Crippen LogP contribution in [0.25, 0.3) is 11.1 Å². The Kier molecular flexibility index (Phi) is 7.88. The molecule has 0 fully saturated rings. The lowest BCUT2D eigenvalue weighted by Gasteiger charge is -2.08. The molecule has 3 aromatic carbocycles. The van der Waals surface area contributed by atoms with Crippen LogP contribution in [0, 0.1) is 17.5 Å². The number of hydrogen-bond donors (Lipinski definition) is 0. The molecule has 0 aliphatic rings. The largest absolute Gasteiger partial charge is 0.423 e. The van der Waals surface area contributed by atoms with Crippen LogP contribution in [0.4, 0.5) is 13.2 Å². The third-order valence-corrected chi connectivity index (χ3v) is 5.14. The second-order valence-electron chi connectivity index (χ2n) is 7.53. The molecule has 0 N–H and O–H groups in total. The van der Waals surface area contributed by atoms with Gasteiger partial charge in [0.1, 0.15) is 5.75 Å². The Hall–Kier alpha value is -3.08. The molecular formula is C26H25F3O2. The summed E-state index contributed by atoms with van der Waals surface area (Å²) in [6.07, 6.45) is 7.34. The number of halogens is 3. The van der Waals surface area contributed by atoms with Gasteiger partial charge in [0.25, 0.3) is 0 Å². The Bertz CT molecular complexity index is 989. The van der Waals surface area contributed by atoms with Gasteiger partial charge < -0.3 is 4.74 Å². The number of aryl methyl sites for hydroxylation is 1. The van der Waals surface area contributed by atoms with E-state index in [9.17, 15) is 18.0 Å². The zero-order valence-electron chi connectivity index (χ0n) is 17.5. The molecule has 31 heavy (non-hydrogen) atoms. The van der Waals surface area contributed by atoms with E-state index in [1.54, 1.807) is 24.3 Å². The van der Waals surface area contributed by atoms with Crippen molar-refractivity contribution in [2.24, 2.45) is 0 Å². The van der Waals surface area contributed by atoms with Gasteiger partial charge in [0.15, 0.2) is 17.5 Å². The van der Waals surface area contributed by atoms with E-state index in [-0.39, 0.29) is 5.56 Å². The fourth-order valence-corrected chi connectivity index (χ4v) is 3.35. The van der Waals surface area contributed by atoms with Gasteiger partial charge in [0.05, 0.1) is 5.56 Å². The van der Waals surface area contributed by atoms with Crippen molar-refractivity contribution in [3.63, 3.8) is 0 Å². The highest BCUT2D eigenvalue weighted by atomic mass is 19.2. The van der Waals surface area contributed by atoms with Gasteiger partial charge in [-0.25, -0.2) is 18.0 Å². The first-order valence-electron chi connectivity index (χ1n) is 10.5. The van der Waals surface area contributed by atoms with Crippen molar-refractivity contribution in [2.75, 3.05) is 0 Å². The minimum Gasteiger partial charge on any atom is -0.423 e. The molecule has 3 rings (SSSR count). The van der Waals surface area contributed by atoms with Crippen molar-refractivity contribution in [3.8, 4) is 16.9 Å². The lowest BCUT2D eigenvalue weighted by atomic mass is 10.00. The number of rotatable bonds is 9. The van der Waals surface area contributed by atoms with E-state index in [0.717, 1.165) is 17.5 Å². The van der Waals surface area contributed by atoms with Crippen LogP contribution in [0.15, 0.2) is 60.7 Å². The van der Waals surface area contributed by atoms with E-state index in [4.69, 9.17) is 4.74 Å². The molecular weight excluding hydrogens is 401 g/mol. The maximum atomic E-state index is 13.3. The summed E-state index contributed by atoms with van der Waals surface area (Å²) in [5, 5.41) is 0. The number of hydrogen-bond acceptors (Lipinski definition) is 2. The number of esters is 1. The van der Waals surface area contributed by atoms with E-state index in [1.165, 1.54) is 37.7 Å². The maximum Gasteiger partial charge on any atom is 0.343 e. The van der Waals surface area contributed by atoms with Crippen LogP contribution < -0.4 is 4.74 Å². The Balaban J connectivity index is 1.60. The third kappa shape index (κ3) is 6.20. The molecule has 0 aromatic heterocycles. The summed E-state index contributed by atoms with van der Waals surface area (Å²) in [5.74, 6) is -5.61. The number of unbranched alkanes of at least 4 members (excludes halogenated alkanes) is 4. The summed E-state index contributed by atoms with van der Waals surface area (Å²) in [6.45, 7) is 2.21. The number of benzene rings is 3. The minimum atomic E-state index is -1.60. The van der Waals surface area contributed by atoms with E-state index in [1.807, 2.05) is 0 Å². The fraction of sp³-hybridized carbons (Fsp3) is 0.269. The summed E-state index contributed by atoms with van der Waals surface area (Å²) in [5.41, 5.74) is 3.49. The van der Waals surface area contributed by atoms with Crippen molar-refractivity contribution in [1.82, 2.24) is 0 Å². The van der Waals surface area contributed by atoms with Gasteiger partial charge in [-0.15, -0.1) is 0 Å². The molecule has 2 nitrogen and oxygen atoms in total. The molecule has 0 heterocycles. The van der Waals surface area contributed by atoms with Gasteiger partial charge in [-0.1, -0.05) is 69.0 Å². The molecule has 0 saturated heterocycles. The topological polar surface area (TPSA) is 26.3 Å². The molecule has 0 atom stereocenters. The standard InChI is InChI=1S/C26H25F3O2/c1-2-3-4-5-6-7-18-8-10-19(11-9-18)20-12-14-21(15-13-20)26(30)31-22-16-23(27)25(29)24(28)17-22/h8-17H,2-7H2,1H3. The Morgan fingerprint density at radius 1 is 0.774 bits per heavy atom. The van der Waals surface area contributed by atoms with E-state index in [0.29, 0.717) is 12.1 Å². The average molecular weight is 426 g/mol. The Morgan fingerprint density at radius 2 is 1.32 bits per heavy atom. The van der Waals surface area contributed by atoms with Gasteiger partial charge in [0.2, 0.25) is 0 Å². The first-order chi connectivity index (χ1) is 15.0. The average Bonchev–Trinajstić information content (AvgIpc) is 2.78. The van der Waals surface area contributed by atoms with Crippen LogP contribution in [0.2, 0.25) is 0 Å². The van der Waals surface area contributed by atoms with Crippen LogP contribution in [0.3, 0.4) is 0 Å². The molecule has 3 aromatic rings. The maximum absolute atomic E-state index is 13.3. The monoisotopic (exact) mass is 426 g/mol. The summed E-state index contributed by atoms with van der Waals surface area (Å²) < 4.78 is 44.5. The second kappa shape index (κ2) is 10.8. The highest BCUT2D eigenvalue weighted by Crippen LogP contribution is 2.23. The van der Waals surface area contributed by atoms with E-state index >= 15 is 0 Å². The van der Waals surface area contributed by atoms with Crippen molar-refractivity contribution < 1.29 is 22.7 Å². The van der Waals surface area contributed by atoms with Crippen molar-refractivity contribution in [3.05, 3.63) is 89.2 Å². The van der Waals surface area contributed by atoms with Crippen LogP contribution in [-0.4, -0.2) is 5.97 Å². The Labute approximate surface area is 180 Å². The van der Waals surface area contributed by atoms with E-state index < -0.39 is 29.2 Å². The quantitative estimate of drug-likeness (QED) is 0.153. The Morgan fingerprint density at radius 3 is 1.90 bits per heavy atom. The predicted octanol–water partition coefficient (Wildman–Crippen LogP) is 7.50. The second-order valence-corrected chi connectivity index (χ2v) is 7.53. The number of ether oxygens (including phenoxy) is 1. The van der Waals surface area contributed by atoms with Gasteiger partial charge >= 0.3 is 5.97 Å². The summed E-state index contributed by atoms with van der Waals surface area (Å²) in [7, 11) is 0. The van der Waals surface area contributed by atoms with Gasteiger partial charge in [-0.2, -0.15) is 0 Å². The van der Waals surface area contributed by atoms with Crippen molar-refractivity contribution in [1.29, 1.82) is 0 Å². The molecule has 5 heteroatoms. The normalized spacial score (nSPS) is 10.8. The molecule has 0 radical (unpaired) electrons. The molecule has 162 valence electrons. The van der Waals surface area contributed by atoms with Crippen LogP contribution in [-0.2, 0) is 6.42 Å². The van der Waals surface area contributed by atoms with Crippen LogP contribution in [0.5, 0.6) is 5.75 Å². The zero-order valence-corrected chi connectivity index (χ0v) is 17.5. The van der Waals surface area contributed by atoms with Gasteiger partial charge in [-0.3, -0.25) is 0 Å². The molecule has 0 bridgehead atoms. The molecule has 0 spiro atoms. The summed E-state index contributed by atoms with van der Waals surface area (Å²) in [6, 6.07) is 16.3. The highest BCUT2D eigenvalue weighted by Gasteiger charge is 2.15. The smallest absolute Gasteiger partial charge is 0.343 e. The molecule has 0 aliphatic carbocycles. The summed E-state index contributed by atoms with van der Waals surface area (Å²) in [4.78, 5) is 12.2. The van der Waals surface area contributed by atoms with Crippen LogP contribution >= 0.6 is 0 Å². The van der Waals surface area contributed by atoms with Gasteiger partial charge in [-0.05, 0) is 41.7 Å². The van der Waals surface area contributed by atoms with E-state index in [2.05, 4.69) is 31.2 Å². The predicted molar refractivity (Wildman–Crippen MR) is 116 cm³/mol. The summed E-state index contributed by atoms with van der Waals surface area (Å²) >= 11 is 0. The first kappa shape index (κ1) is 22.6. The zero-order chi connectivity index (χ0) is 22.2. The van der Waals surface area contributed by atoms with Crippen LogP contribution in [0.1, 0.15) is 54.9 Å². The lowest BCUT2D eigenvalue weighted by molar-refractivity contribution is 0.0733. The first-order valence-corrected chi connectivity index (χ1v) is 10.5. The number of carbonyl (C=O) groups is 1. The SMILES string of the molecule is CCCCCCCc1ccc(-c2ccc(C(=O)Oc3cc(F)c(F)c(F)c3)cc2)cc1.